The summed E-state index contributed by atoms with van der Waals surface area (Å²) in [5.41, 5.74) is 10.5. The highest BCUT2D eigenvalue weighted by molar-refractivity contribution is 5.98. The zero-order valence-corrected chi connectivity index (χ0v) is 25.1. The van der Waals surface area contributed by atoms with Gasteiger partial charge in [0.15, 0.2) is 0 Å². The van der Waals surface area contributed by atoms with Crippen LogP contribution in [0.15, 0.2) is 60.7 Å². The third-order valence-electron chi connectivity index (χ3n) is 7.76. The molecule has 4 rings (SSSR count). The van der Waals surface area contributed by atoms with E-state index in [9.17, 15) is 18.4 Å². The number of amides is 1. The Labute approximate surface area is 252 Å². The van der Waals surface area contributed by atoms with Crippen molar-refractivity contribution in [2.45, 2.75) is 64.3 Å². The lowest BCUT2D eigenvalue weighted by Gasteiger charge is -2.26. The Morgan fingerprint density at radius 2 is 1.74 bits per heavy atom. The van der Waals surface area contributed by atoms with Crippen molar-refractivity contribution in [3.63, 3.8) is 0 Å². The van der Waals surface area contributed by atoms with Gasteiger partial charge in [0.25, 0.3) is 5.91 Å². The van der Waals surface area contributed by atoms with Crippen LogP contribution >= 0.6 is 0 Å². The van der Waals surface area contributed by atoms with Crippen molar-refractivity contribution in [3.05, 3.63) is 106 Å². The van der Waals surface area contributed by atoms with Crippen LogP contribution in [0.25, 0.3) is 0 Å². The lowest BCUT2D eigenvalue weighted by atomic mass is 10.0. The summed E-state index contributed by atoms with van der Waals surface area (Å²) in [4.78, 5) is 28.7. The van der Waals surface area contributed by atoms with Gasteiger partial charge in [-0.05, 0) is 85.2 Å². The molecule has 0 aliphatic carbocycles. The van der Waals surface area contributed by atoms with Crippen LogP contribution in [0, 0.1) is 18.6 Å². The summed E-state index contributed by atoms with van der Waals surface area (Å²) < 4.78 is 39.0. The zero-order chi connectivity index (χ0) is 30.9. The Morgan fingerprint density at radius 3 is 2.47 bits per heavy atom. The highest BCUT2D eigenvalue weighted by Gasteiger charge is 2.30. The van der Waals surface area contributed by atoms with Gasteiger partial charge in [0, 0.05) is 44.4 Å². The topological polar surface area (TPSA) is 93.9 Å². The first-order chi connectivity index (χ1) is 20.7. The average molecular weight is 594 g/mol. The number of hydrogen-bond donors (Lipinski definition) is 2. The van der Waals surface area contributed by atoms with E-state index in [2.05, 4.69) is 24.4 Å². The van der Waals surface area contributed by atoms with Crippen LogP contribution in [-0.4, -0.2) is 61.8 Å². The molecule has 1 amide bonds. The fourth-order valence-electron chi connectivity index (χ4n) is 5.60. The Bertz CT molecular complexity index is 1400. The summed E-state index contributed by atoms with van der Waals surface area (Å²) in [6.45, 7) is 5.72. The van der Waals surface area contributed by atoms with Gasteiger partial charge in [0.1, 0.15) is 17.7 Å². The lowest BCUT2D eigenvalue weighted by molar-refractivity contribution is 0.0238. The number of carbonyl (C=O) groups excluding carboxylic acids is 2. The van der Waals surface area contributed by atoms with Crippen LogP contribution in [0.1, 0.15) is 62.7 Å². The number of benzene rings is 3. The second-order valence-electron chi connectivity index (χ2n) is 11.2. The zero-order valence-electron chi connectivity index (χ0n) is 25.1. The number of likely N-dealkylation sites (tertiary alicyclic amines) is 1. The van der Waals surface area contributed by atoms with Crippen LogP contribution in [0.5, 0.6) is 0 Å². The number of rotatable bonds is 13. The number of aryl methyl sites for hydroxylation is 2. The number of carbonyl (C=O) groups is 2. The Kier molecular flexibility index (Phi) is 11.4. The molecular formula is C34H41F2N3O4. The van der Waals surface area contributed by atoms with Crippen molar-refractivity contribution in [1.82, 2.24) is 10.2 Å². The summed E-state index contributed by atoms with van der Waals surface area (Å²) in [7, 11) is 1.62. The number of nitrogens with one attached hydrogen (secondary N) is 1. The van der Waals surface area contributed by atoms with E-state index < -0.39 is 29.7 Å². The monoisotopic (exact) mass is 593 g/mol. The largest absolute Gasteiger partial charge is 0.456 e. The molecule has 3 N–H and O–H groups in total. The second-order valence-corrected chi connectivity index (χ2v) is 11.2. The number of halogens is 2. The van der Waals surface area contributed by atoms with Gasteiger partial charge in [-0.3, -0.25) is 4.79 Å². The van der Waals surface area contributed by atoms with Crippen molar-refractivity contribution >= 4 is 11.9 Å². The number of methoxy groups -OCH3 is 1. The van der Waals surface area contributed by atoms with Gasteiger partial charge in [-0.1, -0.05) is 31.2 Å². The number of ether oxygens (including phenoxy) is 2. The first-order valence-corrected chi connectivity index (χ1v) is 14.8. The molecule has 1 saturated heterocycles. The van der Waals surface area contributed by atoms with E-state index in [-0.39, 0.29) is 30.5 Å². The molecule has 0 radical (unpaired) electrons. The quantitative estimate of drug-likeness (QED) is 0.272. The minimum Gasteiger partial charge on any atom is -0.456 e. The van der Waals surface area contributed by atoms with E-state index in [1.54, 1.807) is 30.2 Å². The molecule has 1 aliphatic rings. The molecule has 3 aromatic carbocycles. The van der Waals surface area contributed by atoms with Crippen molar-refractivity contribution in [1.29, 1.82) is 0 Å². The molecule has 0 saturated carbocycles. The first kappa shape index (κ1) is 32.3. The van der Waals surface area contributed by atoms with Crippen LogP contribution < -0.4 is 11.1 Å². The highest BCUT2D eigenvalue weighted by Crippen LogP contribution is 2.22. The summed E-state index contributed by atoms with van der Waals surface area (Å²) in [6, 6.07) is 15.6. The van der Waals surface area contributed by atoms with E-state index in [0.717, 1.165) is 36.5 Å². The first-order valence-electron chi connectivity index (χ1n) is 14.8. The summed E-state index contributed by atoms with van der Waals surface area (Å²) in [6.07, 6.45) is 1.94. The third-order valence-corrected chi connectivity index (χ3v) is 7.76. The van der Waals surface area contributed by atoms with Crippen molar-refractivity contribution in [2.75, 3.05) is 26.8 Å². The van der Waals surface area contributed by atoms with Gasteiger partial charge in [-0.25, -0.2) is 13.6 Å². The van der Waals surface area contributed by atoms with Crippen LogP contribution in [-0.2, 0) is 28.9 Å². The van der Waals surface area contributed by atoms with Gasteiger partial charge in [0.05, 0.1) is 18.2 Å². The average Bonchev–Trinajstić information content (AvgIpc) is 3.43. The number of hydrogen-bond acceptors (Lipinski definition) is 6. The molecule has 0 unspecified atom stereocenters. The van der Waals surface area contributed by atoms with Gasteiger partial charge >= 0.3 is 5.97 Å². The fraction of sp³-hybridized carbons (Fsp3) is 0.412. The number of esters is 1. The molecule has 230 valence electrons. The third kappa shape index (κ3) is 8.92. The summed E-state index contributed by atoms with van der Waals surface area (Å²) in [5.74, 6) is -2.19. The van der Waals surface area contributed by atoms with Gasteiger partial charge in [-0.15, -0.1) is 0 Å². The Hall–Kier alpha value is -3.66. The van der Waals surface area contributed by atoms with Crippen LogP contribution in [0.2, 0.25) is 0 Å². The maximum Gasteiger partial charge on any atom is 0.338 e. The van der Waals surface area contributed by atoms with Gasteiger partial charge in [-0.2, -0.15) is 0 Å². The molecule has 0 spiro atoms. The molecule has 43 heavy (non-hydrogen) atoms. The molecular weight excluding hydrogens is 552 g/mol. The Balaban J connectivity index is 1.51. The lowest BCUT2D eigenvalue weighted by Crippen LogP contribution is -2.46. The maximum atomic E-state index is 13.9. The van der Waals surface area contributed by atoms with E-state index in [1.165, 1.54) is 17.7 Å². The smallest absolute Gasteiger partial charge is 0.338 e. The maximum absolute atomic E-state index is 13.9. The van der Waals surface area contributed by atoms with Crippen molar-refractivity contribution in [3.8, 4) is 0 Å². The van der Waals surface area contributed by atoms with E-state index >= 15 is 0 Å². The summed E-state index contributed by atoms with van der Waals surface area (Å²) >= 11 is 0. The second kappa shape index (κ2) is 15.2. The molecule has 3 aromatic rings. The van der Waals surface area contributed by atoms with Crippen molar-refractivity contribution in [2.24, 2.45) is 5.73 Å². The number of nitrogens with zero attached hydrogens (tertiary/aromatic N) is 1. The SMILES string of the molecule is CCc1cccc(CNC[C@@H](OC(=O)c2cc(C)cc(C(=O)N3CCC[C@H]3COC)c2)[C@@H](N)Cc2cc(F)cc(F)c2)c1. The number of nitrogens with two attached hydrogens (primary N) is 1. The van der Waals surface area contributed by atoms with E-state index in [1.807, 2.05) is 19.1 Å². The normalized spacial score (nSPS) is 16.2. The minimum atomic E-state index is -0.822. The molecule has 0 aromatic heterocycles. The predicted octanol–water partition coefficient (Wildman–Crippen LogP) is 4.97. The van der Waals surface area contributed by atoms with E-state index in [0.29, 0.717) is 30.8 Å². The standard InChI is InChI=1S/C34H41F2N3O4/c1-4-23-7-5-8-24(13-23)19-38-20-32(31(37)16-25-14-28(35)18-29(36)15-25)43-34(41)27-12-22(2)11-26(17-27)33(40)39-10-6-9-30(39)21-42-3/h5,7-8,11-15,17-18,30-32,38H,4,6,9-10,16,19-21,37H2,1-3H3/t30-,31-,32+/m0/s1. The minimum absolute atomic E-state index is 0.00690. The predicted molar refractivity (Wildman–Crippen MR) is 162 cm³/mol. The molecule has 1 fully saturated rings. The molecule has 1 heterocycles. The van der Waals surface area contributed by atoms with Gasteiger partial charge < -0.3 is 25.4 Å². The molecule has 7 nitrogen and oxygen atoms in total. The van der Waals surface area contributed by atoms with Crippen LogP contribution in [0.4, 0.5) is 8.78 Å². The Morgan fingerprint density at radius 1 is 1.02 bits per heavy atom. The summed E-state index contributed by atoms with van der Waals surface area (Å²) in [5, 5.41) is 3.32. The highest BCUT2D eigenvalue weighted by atomic mass is 19.1. The van der Waals surface area contributed by atoms with E-state index in [4.69, 9.17) is 15.2 Å². The molecule has 1 aliphatic heterocycles. The fourth-order valence-corrected chi connectivity index (χ4v) is 5.60. The molecule has 0 bridgehead atoms. The van der Waals surface area contributed by atoms with Crippen LogP contribution in [0.3, 0.4) is 0 Å². The van der Waals surface area contributed by atoms with Gasteiger partial charge in [0.2, 0.25) is 0 Å². The molecule has 9 heteroatoms. The van der Waals surface area contributed by atoms with Crippen molar-refractivity contribution < 1.29 is 27.8 Å². The molecule has 3 atom stereocenters.